The monoisotopic (exact) mass is 434 g/mol. The molecule has 2 aromatic heterocycles. The summed E-state index contributed by atoms with van der Waals surface area (Å²) in [5.41, 5.74) is -1.74. The molecule has 0 aromatic carbocycles. The summed E-state index contributed by atoms with van der Waals surface area (Å²) < 4.78 is 2.29. The van der Waals surface area contributed by atoms with Crippen molar-refractivity contribution in [1.82, 2.24) is 30.2 Å². The van der Waals surface area contributed by atoms with Gasteiger partial charge in [0.1, 0.15) is 18.1 Å². The minimum atomic E-state index is -1.95. The van der Waals surface area contributed by atoms with Gasteiger partial charge in [-0.15, -0.1) is 0 Å². The van der Waals surface area contributed by atoms with Crippen LogP contribution in [-0.2, 0) is 6.67 Å². The second-order valence-corrected chi connectivity index (χ2v) is 9.19. The SMILES string of the molecule is CC(C)(C)NC(=O)c1c(B(O)O)cnn1Cn1ncc(B(O)O)c1C(=O)NC(C)(C)C. The Kier molecular flexibility index (Phi) is 7.00. The summed E-state index contributed by atoms with van der Waals surface area (Å²) >= 11 is 0. The number of rotatable bonds is 6. The number of carbonyl (C=O) groups excluding carboxylic acids is 2. The van der Waals surface area contributed by atoms with Crippen molar-refractivity contribution in [2.75, 3.05) is 0 Å². The number of nitrogens with zero attached hydrogens (tertiary/aromatic N) is 4. The Bertz CT molecular complexity index is 881. The standard InChI is InChI=1S/C17H28B2N6O6/c1-16(2,3)22-14(26)12-10(18(28)29)7-20-24(12)9-25-13(11(8-21-25)19(30)31)15(27)23-17(4,5)6/h7-8,28-31H,9H2,1-6H3,(H,22,26)(H,23,27). The number of carbonyl (C=O) groups is 2. The van der Waals surface area contributed by atoms with E-state index in [0.717, 1.165) is 21.8 Å². The highest BCUT2D eigenvalue weighted by Gasteiger charge is 2.31. The predicted octanol–water partition coefficient (Wildman–Crippen LogP) is -3.00. The van der Waals surface area contributed by atoms with E-state index in [1.54, 1.807) is 41.5 Å². The van der Waals surface area contributed by atoms with Gasteiger partial charge in [-0.25, -0.2) is 9.36 Å². The molecule has 31 heavy (non-hydrogen) atoms. The van der Waals surface area contributed by atoms with Crippen LogP contribution in [0.1, 0.15) is 62.5 Å². The van der Waals surface area contributed by atoms with E-state index in [1.807, 2.05) is 0 Å². The summed E-state index contributed by atoms with van der Waals surface area (Å²) in [6.07, 6.45) is 2.25. The normalized spacial score (nSPS) is 11.9. The fraction of sp³-hybridized carbons (Fsp3) is 0.529. The molecule has 0 unspecified atom stereocenters. The fourth-order valence-electron chi connectivity index (χ4n) is 2.82. The molecular weight excluding hydrogens is 406 g/mol. The zero-order chi connectivity index (χ0) is 23.7. The lowest BCUT2D eigenvalue weighted by molar-refractivity contribution is 0.0906. The Morgan fingerprint density at radius 2 is 1.13 bits per heavy atom. The van der Waals surface area contributed by atoms with E-state index < -0.39 is 37.1 Å². The van der Waals surface area contributed by atoms with Crippen LogP contribution in [0.25, 0.3) is 0 Å². The van der Waals surface area contributed by atoms with E-state index in [4.69, 9.17) is 0 Å². The van der Waals surface area contributed by atoms with E-state index in [2.05, 4.69) is 20.8 Å². The van der Waals surface area contributed by atoms with Gasteiger partial charge in [-0.2, -0.15) is 10.2 Å². The lowest BCUT2D eigenvalue weighted by atomic mass is 9.80. The summed E-state index contributed by atoms with van der Waals surface area (Å²) in [4.78, 5) is 25.6. The maximum absolute atomic E-state index is 12.8. The fourth-order valence-corrected chi connectivity index (χ4v) is 2.82. The molecule has 168 valence electrons. The number of hydrogen-bond acceptors (Lipinski definition) is 8. The van der Waals surface area contributed by atoms with E-state index in [-0.39, 0.29) is 29.0 Å². The van der Waals surface area contributed by atoms with E-state index in [1.165, 1.54) is 0 Å². The molecule has 0 aliphatic rings. The maximum atomic E-state index is 12.8. The average molecular weight is 434 g/mol. The van der Waals surface area contributed by atoms with Crippen LogP contribution < -0.4 is 21.6 Å². The topological polar surface area (TPSA) is 175 Å². The zero-order valence-corrected chi connectivity index (χ0v) is 18.4. The van der Waals surface area contributed by atoms with Crippen molar-refractivity contribution in [3.05, 3.63) is 23.8 Å². The van der Waals surface area contributed by atoms with Gasteiger partial charge in [-0.3, -0.25) is 9.59 Å². The minimum absolute atomic E-state index is 0.128. The lowest BCUT2D eigenvalue weighted by Crippen LogP contribution is -2.46. The molecule has 0 spiro atoms. The molecule has 0 saturated carbocycles. The van der Waals surface area contributed by atoms with Gasteiger partial charge in [0.2, 0.25) is 0 Å². The highest BCUT2D eigenvalue weighted by molar-refractivity contribution is 6.60. The molecule has 0 bridgehead atoms. The van der Waals surface area contributed by atoms with Crippen molar-refractivity contribution in [3.8, 4) is 0 Å². The number of amides is 2. The molecule has 0 saturated heterocycles. The van der Waals surface area contributed by atoms with Crippen molar-refractivity contribution < 1.29 is 29.7 Å². The van der Waals surface area contributed by atoms with Gasteiger partial charge in [-0.05, 0) is 41.5 Å². The van der Waals surface area contributed by atoms with Gasteiger partial charge in [0.15, 0.2) is 0 Å². The molecule has 2 rings (SSSR count). The molecule has 12 nitrogen and oxygen atoms in total. The Balaban J connectivity index is 2.52. The van der Waals surface area contributed by atoms with E-state index in [9.17, 15) is 29.7 Å². The third kappa shape index (κ3) is 6.17. The van der Waals surface area contributed by atoms with Gasteiger partial charge in [0.25, 0.3) is 11.8 Å². The van der Waals surface area contributed by atoms with E-state index >= 15 is 0 Å². The first kappa shape index (κ1) is 24.6. The van der Waals surface area contributed by atoms with Gasteiger partial charge in [-0.1, -0.05) is 0 Å². The van der Waals surface area contributed by atoms with Crippen molar-refractivity contribution in [1.29, 1.82) is 0 Å². The molecule has 6 N–H and O–H groups in total. The molecule has 2 aromatic rings. The summed E-state index contributed by atoms with van der Waals surface area (Å²) in [7, 11) is -3.91. The highest BCUT2D eigenvalue weighted by atomic mass is 16.4. The van der Waals surface area contributed by atoms with Crippen molar-refractivity contribution in [2.24, 2.45) is 0 Å². The Morgan fingerprint density at radius 3 is 1.39 bits per heavy atom. The van der Waals surface area contributed by atoms with Crippen LogP contribution in [0, 0.1) is 0 Å². The van der Waals surface area contributed by atoms with Gasteiger partial charge in [0.05, 0.1) is 0 Å². The molecule has 0 fully saturated rings. The Morgan fingerprint density at radius 1 is 0.806 bits per heavy atom. The van der Waals surface area contributed by atoms with Gasteiger partial charge < -0.3 is 30.7 Å². The smallest absolute Gasteiger partial charge is 0.423 e. The largest absolute Gasteiger partial charge is 0.492 e. The molecule has 2 amide bonds. The van der Waals surface area contributed by atoms with E-state index in [0.29, 0.717) is 0 Å². The van der Waals surface area contributed by atoms with Crippen LogP contribution in [0.4, 0.5) is 0 Å². The third-order valence-corrected chi connectivity index (χ3v) is 3.97. The predicted molar refractivity (Wildman–Crippen MR) is 114 cm³/mol. The third-order valence-electron chi connectivity index (χ3n) is 3.97. The first-order valence-electron chi connectivity index (χ1n) is 9.59. The lowest BCUT2D eigenvalue weighted by Gasteiger charge is -2.22. The molecule has 0 radical (unpaired) electrons. The number of hydrogen-bond donors (Lipinski definition) is 6. The molecule has 0 atom stereocenters. The van der Waals surface area contributed by atoms with Gasteiger partial charge in [0, 0.05) is 34.4 Å². The second kappa shape index (κ2) is 8.83. The summed E-state index contributed by atoms with van der Waals surface area (Å²) in [6, 6.07) is 0. The van der Waals surface area contributed by atoms with Gasteiger partial charge >= 0.3 is 14.2 Å². The number of aromatic nitrogens is 4. The molecule has 2 heterocycles. The quantitative estimate of drug-likeness (QED) is 0.261. The van der Waals surface area contributed by atoms with Crippen molar-refractivity contribution in [3.63, 3.8) is 0 Å². The average Bonchev–Trinajstić information content (AvgIpc) is 3.16. The van der Waals surface area contributed by atoms with Crippen LogP contribution in [0.15, 0.2) is 12.4 Å². The summed E-state index contributed by atoms with van der Waals surface area (Å²) in [6.45, 7) is 10.3. The van der Waals surface area contributed by atoms with Crippen LogP contribution in [0.5, 0.6) is 0 Å². The first-order valence-corrected chi connectivity index (χ1v) is 9.59. The van der Waals surface area contributed by atoms with Crippen molar-refractivity contribution >= 4 is 37.0 Å². The molecule has 14 heteroatoms. The van der Waals surface area contributed by atoms with Crippen LogP contribution in [0.2, 0.25) is 0 Å². The van der Waals surface area contributed by atoms with Crippen molar-refractivity contribution in [2.45, 2.75) is 59.3 Å². The first-order chi connectivity index (χ1) is 14.1. The van der Waals surface area contributed by atoms with Crippen LogP contribution >= 0.6 is 0 Å². The Labute approximate surface area is 180 Å². The minimum Gasteiger partial charge on any atom is -0.423 e. The van der Waals surface area contributed by atoms with Crippen LogP contribution in [-0.4, -0.2) is 76.8 Å². The maximum Gasteiger partial charge on any atom is 0.492 e. The highest BCUT2D eigenvalue weighted by Crippen LogP contribution is 2.08. The molecule has 0 aliphatic carbocycles. The zero-order valence-electron chi connectivity index (χ0n) is 18.4. The number of nitrogens with one attached hydrogen (secondary N) is 2. The molecule has 0 aliphatic heterocycles. The summed E-state index contributed by atoms with van der Waals surface area (Å²) in [5.74, 6) is -1.22. The molecular formula is C17H28B2N6O6. The second-order valence-electron chi connectivity index (χ2n) is 9.19. The Hall–Kier alpha value is -2.67. The summed E-state index contributed by atoms with van der Waals surface area (Å²) in [5, 5.41) is 52.1. The van der Waals surface area contributed by atoms with Crippen LogP contribution in [0.3, 0.4) is 0 Å².